The average Bonchev–Trinajstić information content (AvgIpc) is 2.69. The van der Waals surface area contributed by atoms with E-state index in [4.69, 9.17) is 10.5 Å². The highest BCUT2D eigenvalue weighted by Crippen LogP contribution is 2.25. The first kappa shape index (κ1) is 25.3. The topological polar surface area (TPSA) is 104 Å². The zero-order valence-electron chi connectivity index (χ0n) is 19.2. The third kappa shape index (κ3) is 9.80. The second-order valence-corrected chi connectivity index (χ2v) is 10.4. The Morgan fingerprint density at radius 2 is 1.77 bits per heavy atom. The SMILES string of the molecule is CC(C)(C)OC(N)=O.Cc1cnc(OC2CCSCC2)c(C(=O)NC2CCCCC2)c1. The first-order valence-corrected chi connectivity index (χ1v) is 12.3. The van der Waals surface area contributed by atoms with Crippen molar-refractivity contribution in [2.45, 2.75) is 90.4 Å². The standard InChI is InChI=1S/C18H26N2O2S.C5H11NO2/c1-13-11-16(17(21)20-14-5-3-2-4-6-14)18(19-12-13)22-15-7-9-23-10-8-15;1-5(2,3)8-4(6)7/h11-12,14-15H,2-10H2,1H3,(H,20,21);1-3H3,(H2,6,7). The second kappa shape index (κ2) is 12.2. The maximum Gasteiger partial charge on any atom is 0.405 e. The Hall–Kier alpha value is -1.96. The Bertz CT molecular complexity index is 724. The van der Waals surface area contributed by atoms with Gasteiger partial charge in [-0.2, -0.15) is 11.8 Å². The lowest BCUT2D eigenvalue weighted by Gasteiger charge is -2.25. The molecule has 174 valence electrons. The molecule has 1 aliphatic carbocycles. The molecule has 0 unspecified atom stereocenters. The summed E-state index contributed by atoms with van der Waals surface area (Å²) in [6, 6.07) is 2.20. The van der Waals surface area contributed by atoms with E-state index in [9.17, 15) is 9.59 Å². The molecule has 2 fully saturated rings. The predicted octanol–water partition coefficient (Wildman–Crippen LogP) is 4.61. The van der Waals surface area contributed by atoms with Crippen LogP contribution in [0.25, 0.3) is 0 Å². The van der Waals surface area contributed by atoms with Crippen LogP contribution in [0.3, 0.4) is 0 Å². The minimum atomic E-state index is -0.725. The lowest BCUT2D eigenvalue weighted by Crippen LogP contribution is -2.36. The van der Waals surface area contributed by atoms with E-state index in [1.54, 1.807) is 27.0 Å². The number of amides is 2. The Kier molecular flexibility index (Phi) is 9.93. The minimum Gasteiger partial charge on any atom is -0.474 e. The van der Waals surface area contributed by atoms with Crippen molar-refractivity contribution in [1.82, 2.24) is 10.3 Å². The number of aromatic nitrogens is 1. The van der Waals surface area contributed by atoms with Gasteiger partial charge >= 0.3 is 6.09 Å². The molecule has 0 radical (unpaired) electrons. The van der Waals surface area contributed by atoms with Crippen LogP contribution < -0.4 is 15.8 Å². The van der Waals surface area contributed by atoms with Crippen molar-refractivity contribution in [2.24, 2.45) is 5.73 Å². The van der Waals surface area contributed by atoms with Crippen LogP contribution in [-0.4, -0.2) is 46.2 Å². The predicted molar refractivity (Wildman–Crippen MR) is 125 cm³/mol. The molecule has 8 heteroatoms. The summed E-state index contributed by atoms with van der Waals surface area (Å²) in [4.78, 5) is 27.1. The fraction of sp³-hybridized carbons (Fsp3) is 0.696. The number of hydrogen-bond acceptors (Lipinski definition) is 6. The Morgan fingerprint density at radius 1 is 1.13 bits per heavy atom. The number of nitrogens with zero attached hydrogens (tertiary/aromatic N) is 1. The van der Waals surface area contributed by atoms with E-state index in [2.05, 4.69) is 15.0 Å². The highest BCUT2D eigenvalue weighted by atomic mass is 32.2. The van der Waals surface area contributed by atoms with Crippen molar-refractivity contribution < 1.29 is 19.1 Å². The van der Waals surface area contributed by atoms with E-state index in [1.165, 1.54) is 19.3 Å². The minimum absolute atomic E-state index is 0.0340. The molecule has 2 amide bonds. The second-order valence-electron chi connectivity index (χ2n) is 9.14. The maximum absolute atomic E-state index is 12.7. The van der Waals surface area contributed by atoms with Gasteiger partial charge in [0.05, 0.1) is 0 Å². The van der Waals surface area contributed by atoms with Crippen LogP contribution in [0.1, 0.15) is 81.6 Å². The van der Waals surface area contributed by atoms with Crippen molar-refractivity contribution in [1.29, 1.82) is 0 Å². The summed E-state index contributed by atoms with van der Waals surface area (Å²) in [5, 5.41) is 3.18. The third-order valence-corrected chi connectivity index (χ3v) is 6.08. The summed E-state index contributed by atoms with van der Waals surface area (Å²) in [7, 11) is 0. The van der Waals surface area contributed by atoms with Crippen LogP contribution in [0.15, 0.2) is 12.3 Å². The monoisotopic (exact) mass is 451 g/mol. The molecule has 1 aliphatic heterocycles. The quantitative estimate of drug-likeness (QED) is 0.693. The Balaban J connectivity index is 0.000000366. The number of carbonyl (C=O) groups is 2. The van der Waals surface area contributed by atoms with Crippen LogP contribution in [0.2, 0.25) is 0 Å². The van der Waals surface area contributed by atoms with Gasteiger partial charge in [0.2, 0.25) is 5.88 Å². The molecular formula is C23H37N3O4S. The number of carbonyl (C=O) groups excluding carboxylic acids is 2. The van der Waals surface area contributed by atoms with Gasteiger partial charge in [0.1, 0.15) is 17.3 Å². The van der Waals surface area contributed by atoms with Crippen molar-refractivity contribution >= 4 is 23.8 Å². The number of primary amides is 1. The van der Waals surface area contributed by atoms with Gasteiger partial charge in [-0.05, 0) is 76.5 Å². The van der Waals surface area contributed by atoms with Gasteiger partial charge in [0.15, 0.2) is 0 Å². The van der Waals surface area contributed by atoms with Crippen LogP contribution in [0.5, 0.6) is 5.88 Å². The molecule has 3 N–H and O–H groups in total. The molecule has 1 aromatic heterocycles. The van der Waals surface area contributed by atoms with Crippen LogP contribution in [-0.2, 0) is 4.74 Å². The van der Waals surface area contributed by atoms with Crippen molar-refractivity contribution in [3.8, 4) is 5.88 Å². The van der Waals surface area contributed by atoms with Gasteiger partial charge in [-0.15, -0.1) is 0 Å². The van der Waals surface area contributed by atoms with Crippen molar-refractivity contribution in [2.75, 3.05) is 11.5 Å². The maximum atomic E-state index is 12.7. The van der Waals surface area contributed by atoms with E-state index < -0.39 is 11.7 Å². The van der Waals surface area contributed by atoms with Crippen LogP contribution in [0.4, 0.5) is 4.79 Å². The van der Waals surface area contributed by atoms with Crippen molar-refractivity contribution in [3.05, 3.63) is 23.4 Å². The van der Waals surface area contributed by atoms with Gasteiger partial charge < -0.3 is 20.5 Å². The fourth-order valence-electron chi connectivity index (χ4n) is 3.58. The van der Waals surface area contributed by atoms with E-state index in [0.29, 0.717) is 17.5 Å². The molecule has 2 aliphatic rings. The number of rotatable bonds is 4. The lowest BCUT2D eigenvalue weighted by molar-refractivity contribution is 0.0599. The molecule has 1 saturated carbocycles. The smallest absolute Gasteiger partial charge is 0.405 e. The van der Waals surface area contributed by atoms with E-state index in [0.717, 1.165) is 42.8 Å². The van der Waals surface area contributed by atoms with Gasteiger partial charge in [0, 0.05) is 12.2 Å². The molecule has 1 aromatic rings. The normalized spacial score (nSPS) is 17.8. The largest absolute Gasteiger partial charge is 0.474 e. The van der Waals surface area contributed by atoms with Gasteiger partial charge in [-0.3, -0.25) is 4.79 Å². The van der Waals surface area contributed by atoms with E-state index >= 15 is 0 Å². The lowest BCUT2D eigenvalue weighted by atomic mass is 9.95. The van der Waals surface area contributed by atoms with Gasteiger partial charge in [-0.1, -0.05) is 19.3 Å². The third-order valence-electron chi connectivity index (χ3n) is 5.03. The molecule has 0 bridgehead atoms. The highest BCUT2D eigenvalue weighted by molar-refractivity contribution is 7.99. The molecule has 2 heterocycles. The summed E-state index contributed by atoms with van der Waals surface area (Å²) in [5.41, 5.74) is 5.85. The molecule has 0 aromatic carbocycles. The van der Waals surface area contributed by atoms with Crippen LogP contribution >= 0.6 is 11.8 Å². The number of ether oxygens (including phenoxy) is 2. The molecule has 7 nitrogen and oxygen atoms in total. The highest BCUT2D eigenvalue weighted by Gasteiger charge is 2.23. The van der Waals surface area contributed by atoms with E-state index in [-0.39, 0.29) is 12.0 Å². The summed E-state index contributed by atoms with van der Waals surface area (Å²) in [6.07, 6.45) is 9.18. The first-order chi connectivity index (χ1) is 14.6. The van der Waals surface area contributed by atoms with E-state index in [1.807, 2.05) is 24.8 Å². The number of pyridine rings is 1. The number of nitrogens with one attached hydrogen (secondary N) is 1. The first-order valence-electron chi connectivity index (χ1n) is 11.1. The molecule has 0 spiro atoms. The van der Waals surface area contributed by atoms with Gasteiger partial charge in [-0.25, -0.2) is 9.78 Å². The summed E-state index contributed by atoms with van der Waals surface area (Å²) < 4.78 is 10.6. The summed E-state index contributed by atoms with van der Waals surface area (Å²) >= 11 is 1.97. The zero-order chi connectivity index (χ0) is 22.9. The Morgan fingerprint density at radius 3 is 2.32 bits per heavy atom. The molecular weight excluding hydrogens is 414 g/mol. The molecule has 0 atom stereocenters. The average molecular weight is 452 g/mol. The Labute approximate surface area is 190 Å². The number of thioether (sulfide) groups is 1. The molecule has 3 rings (SSSR count). The summed E-state index contributed by atoms with van der Waals surface area (Å²) in [5.74, 6) is 2.72. The number of nitrogens with two attached hydrogens (primary N) is 1. The summed E-state index contributed by atoms with van der Waals surface area (Å²) in [6.45, 7) is 7.25. The number of hydrogen-bond donors (Lipinski definition) is 2. The fourth-order valence-corrected chi connectivity index (χ4v) is 4.64. The van der Waals surface area contributed by atoms with Crippen LogP contribution in [0, 0.1) is 6.92 Å². The zero-order valence-corrected chi connectivity index (χ0v) is 20.1. The van der Waals surface area contributed by atoms with Gasteiger partial charge in [0.25, 0.3) is 5.91 Å². The van der Waals surface area contributed by atoms with Crippen molar-refractivity contribution in [3.63, 3.8) is 0 Å². The molecule has 1 saturated heterocycles. The molecule has 31 heavy (non-hydrogen) atoms. The number of aryl methyl sites for hydroxylation is 1.